The zero-order valence-electron chi connectivity index (χ0n) is 6.67. The van der Waals surface area contributed by atoms with Crippen molar-refractivity contribution in [3.05, 3.63) is 0 Å². The Bertz CT molecular complexity index is 145. The molecule has 1 N–H and O–H groups in total. The van der Waals surface area contributed by atoms with E-state index >= 15 is 0 Å². The molecule has 0 aromatic carbocycles. The molecule has 0 spiro atoms. The van der Waals surface area contributed by atoms with Crippen molar-refractivity contribution in [1.29, 1.82) is 0 Å². The maximum atomic E-state index is 9.04. The average molecular weight is 141 g/mol. The number of fused-ring (bicyclic) bond motifs is 1. The first-order valence-corrected chi connectivity index (χ1v) is 3.98. The number of hydrogen-bond acceptors (Lipinski definition) is 2. The lowest BCUT2D eigenvalue weighted by molar-refractivity contribution is 0.173. The Hall–Kier alpha value is -0.0800. The molecule has 2 heteroatoms. The molecule has 1 aliphatic carbocycles. The normalized spacial score (nSPS) is 53.1. The van der Waals surface area contributed by atoms with Crippen molar-refractivity contribution < 1.29 is 5.11 Å². The van der Waals surface area contributed by atoms with E-state index in [-0.39, 0.29) is 0 Å². The maximum Gasteiger partial charge on any atom is 0.0491 e. The highest BCUT2D eigenvalue weighted by atomic mass is 16.3. The Morgan fingerprint density at radius 3 is 2.40 bits per heavy atom. The Kier molecular flexibility index (Phi) is 1.15. The molecule has 1 heterocycles. The molecule has 0 bridgehead atoms. The van der Waals surface area contributed by atoms with Crippen LogP contribution in [0.2, 0.25) is 0 Å². The number of rotatable bonds is 1. The second-order valence-corrected chi connectivity index (χ2v) is 4.10. The van der Waals surface area contributed by atoms with Crippen molar-refractivity contribution in [1.82, 2.24) is 4.90 Å². The smallest absolute Gasteiger partial charge is 0.0491 e. The monoisotopic (exact) mass is 141 g/mol. The van der Waals surface area contributed by atoms with Gasteiger partial charge in [0.05, 0.1) is 0 Å². The molecule has 2 unspecified atom stereocenters. The van der Waals surface area contributed by atoms with E-state index in [2.05, 4.69) is 18.9 Å². The van der Waals surface area contributed by atoms with Crippen LogP contribution in [0.25, 0.3) is 0 Å². The van der Waals surface area contributed by atoms with Crippen LogP contribution in [0.5, 0.6) is 0 Å². The second kappa shape index (κ2) is 1.74. The average Bonchev–Trinajstić information content (AvgIpc) is 2.28. The van der Waals surface area contributed by atoms with E-state index in [0.717, 1.165) is 11.8 Å². The van der Waals surface area contributed by atoms with Crippen LogP contribution in [0.3, 0.4) is 0 Å². The van der Waals surface area contributed by atoms with E-state index in [1.807, 2.05) is 0 Å². The van der Waals surface area contributed by atoms with Gasteiger partial charge in [0, 0.05) is 19.7 Å². The standard InChI is InChI=1S/C8H15NO/c1-8(5-10)6-3-9(2)4-7(6)8/h6-7,10H,3-5H2,1-2H3. The molecular formula is C8H15NO. The molecule has 10 heavy (non-hydrogen) atoms. The van der Waals surface area contributed by atoms with Crippen molar-refractivity contribution in [2.45, 2.75) is 6.92 Å². The summed E-state index contributed by atoms with van der Waals surface area (Å²) < 4.78 is 0. The fourth-order valence-electron chi connectivity index (χ4n) is 2.42. The summed E-state index contributed by atoms with van der Waals surface area (Å²) in [7, 11) is 2.16. The first-order chi connectivity index (χ1) is 4.68. The molecule has 1 saturated carbocycles. The van der Waals surface area contributed by atoms with Gasteiger partial charge in [-0.25, -0.2) is 0 Å². The van der Waals surface area contributed by atoms with Crippen LogP contribution in [0.15, 0.2) is 0 Å². The van der Waals surface area contributed by atoms with E-state index in [1.54, 1.807) is 0 Å². The number of aliphatic hydroxyl groups is 1. The lowest BCUT2D eigenvalue weighted by atomic mass is 10.1. The predicted octanol–water partition coefficient (Wildman–Crippen LogP) is 0.176. The molecule has 1 saturated heterocycles. The van der Waals surface area contributed by atoms with Gasteiger partial charge in [-0.1, -0.05) is 6.92 Å². The SMILES string of the molecule is CN1CC2C(C1)C2(C)CO. The third-order valence-electron chi connectivity index (χ3n) is 3.43. The molecule has 1 aliphatic heterocycles. The summed E-state index contributed by atoms with van der Waals surface area (Å²) in [5.41, 5.74) is 0.298. The lowest BCUT2D eigenvalue weighted by Gasteiger charge is -2.17. The summed E-state index contributed by atoms with van der Waals surface area (Å²) in [6.45, 7) is 4.98. The van der Waals surface area contributed by atoms with Crippen LogP contribution < -0.4 is 0 Å². The lowest BCUT2D eigenvalue weighted by Crippen LogP contribution is -2.24. The Labute approximate surface area is 61.8 Å². The van der Waals surface area contributed by atoms with Crippen LogP contribution >= 0.6 is 0 Å². The van der Waals surface area contributed by atoms with Gasteiger partial charge < -0.3 is 10.0 Å². The first-order valence-electron chi connectivity index (χ1n) is 3.98. The summed E-state index contributed by atoms with van der Waals surface area (Å²) in [4.78, 5) is 2.35. The summed E-state index contributed by atoms with van der Waals surface area (Å²) in [6, 6.07) is 0. The summed E-state index contributed by atoms with van der Waals surface area (Å²) in [6.07, 6.45) is 0. The molecular weight excluding hydrogens is 126 g/mol. The van der Waals surface area contributed by atoms with Crippen LogP contribution in [0.1, 0.15) is 6.92 Å². The van der Waals surface area contributed by atoms with Crippen molar-refractivity contribution in [3.8, 4) is 0 Å². The van der Waals surface area contributed by atoms with Gasteiger partial charge in [-0.05, 0) is 24.3 Å². The number of likely N-dealkylation sites (tertiary alicyclic amines) is 1. The van der Waals surface area contributed by atoms with Gasteiger partial charge in [0.25, 0.3) is 0 Å². The quantitative estimate of drug-likeness (QED) is 0.563. The van der Waals surface area contributed by atoms with E-state index in [0.29, 0.717) is 12.0 Å². The Balaban J connectivity index is 2.02. The minimum atomic E-state index is 0.298. The summed E-state index contributed by atoms with van der Waals surface area (Å²) >= 11 is 0. The predicted molar refractivity (Wildman–Crippen MR) is 39.7 cm³/mol. The van der Waals surface area contributed by atoms with Crippen molar-refractivity contribution in [2.24, 2.45) is 17.3 Å². The molecule has 2 aliphatic rings. The molecule has 2 rings (SSSR count). The van der Waals surface area contributed by atoms with Gasteiger partial charge in [-0.15, -0.1) is 0 Å². The minimum absolute atomic E-state index is 0.298. The molecule has 2 nitrogen and oxygen atoms in total. The van der Waals surface area contributed by atoms with Crippen LogP contribution in [0, 0.1) is 17.3 Å². The number of piperidine rings is 1. The van der Waals surface area contributed by atoms with Crippen molar-refractivity contribution in [3.63, 3.8) is 0 Å². The zero-order chi connectivity index (χ0) is 7.35. The number of aliphatic hydroxyl groups excluding tert-OH is 1. The third-order valence-corrected chi connectivity index (χ3v) is 3.43. The molecule has 0 radical (unpaired) electrons. The van der Waals surface area contributed by atoms with Crippen LogP contribution in [-0.4, -0.2) is 36.8 Å². The molecule has 58 valence electrons. The highest BCUT2D eigenvalue weighted by Gasteiger charge is 2.63. The van der Waals surface area contributed by atoms with Gasteiger partial charge >= 0.3 is 0 Å². The summed E-state index contributed by atoms with van der Waals surface area (Å²) in [5.74, 6) is 1.59. The largest absolute Gasteiger partial charge is 0.396 e. The van der Waals surface area contributed by atoms with Crippen molar-refractivity contribution in [2.75, 3.05) is 26.7 Å². The molecule has 0 aromatic heterocycles. The minimum Gasteiger partial charge on any atom is -0.396 e. The van der Waals surface area contributed by atoms with Crippen LogP contribution in [-0.2, 0) is 0 Å². The first kappa shape index (κ1) is 6.62. The summed E-state index contributed by atoms with van der Waals surface area (Å²) in [5, 5.41) is 9.04. The highest BCUT2D eigenvalue weighted by molar-refractivity contribution is 5.12. The van der Waals surface area contributed by atoms with Gasteiger partial charge in [-0.3, -0.25) is 0 Å². The van der Waals surface area contributed by atoms with Crippen LogP contribution in [0.4, 0.5) is 0 Å². The number of nitrogens with zero attached hydrogens (tertiary/aromatic N) is 1. The Morgan fingerprint density at radius 1 is 1.50 bits per heavy atom. The zero-order valence-corrected chi connectivity index (χ0v) is 6.67. The van der Waals surface area contributed by atoms with Crippen molar-refractivity contribution >= 4 is 0 Å². The molecule has 0 amide bonds. The van der Waals surface area contributed by atoms with E-state index in [1.165, 1.54) is 13.1 Å². The molecule has 2 fully saturated rings. The highest BCUT2D eigenvalue weighted by Crippen LogP contribution is 2.61. The fourth-order valence-corrected chi connectivity index (χ4v) is 2.42. The van der Waals surface area contributed by atoms with Gasteiger partial charge in [0.15, 0.2) is 0 Å². The molecule has 2 atom stereocenters. The fraction of sp³-hybridized carbons (Fsp3) is 1.00. The molecule has 0 aromatic rings. The third kappa shape index (κ3) is 0.611. The topological polar surface area (TPSA) is 23.5 Å². The Morgan fingerprint density at radius 2 is 2.00 bits per heavy atom. The van der Waals surface area contributed by atoms with Gasteiger partial charge in [0.1, 0.15) is 0 Å². The van der Waals surface area contributed by atoms with Gasteiger partial charge in [-0.2, -0.15) is 0 Å². The van der Waals surface area contributed by atoms with E-state index < -0.39 is 0 Å². The number of hydrogen-bond donors (Lipinski definition) is 1. The maximum absolute atomic E-state index is 9.04. The van der Waals surface area contributed by atoms with E-state index in [9.17, 15) is 0 Å². The second-order valence-electron chi connectivity index (χ2n) is 4.10. The van der Waals surface area contributed by atoms with Gasteiger partial charge in [0.2, 0.25) is 0 Å². The van der Waals surface area contributed by atoms with E-state index in [4.69, 9.17) is 5.11 Å².